The van der Waals surface area contributed by atoms with Crippen molar-refractivity contribution in [3.05, 3.63) is 40.3 Å². The average molecular weight is 242 g/mol. The van der Waals surface area contributed by atoms with Crippen LogP contribution in [-0.4, -0.2) is 15.8 Å². The van der Waals surface area contributed by atoms with Crippen molar-refractivity contribution < 1.29 is 4.79 Å². The number of aromatic nitrogens is 2. The van der Waals surface area contributed by atoms with Crippen molar-refractivity contribution >= 4 is 6.29 Å². The summed E-state index contributed by atoms with van der Waals surface area (Å²) in [5.41, 5.74) is 6.17. The topological polar surface area (TPSA) is 34.9 Å². The van der Waals surface area contributed by atoms with Gasteiger partial charge in [-0.05, 0) is 44.4 Å². The lowest BCUT2D eigenvalue weighted by atomic mass is 9.96. The second-order valence-electron chi connectivity index (χ2n) is 4.75. The third-order valence-corrected chi connectivity index (χ3v) is 3.79. The third-order valence-electron chi connectivity index (χ3n) is 3.79. The van der Waals surface area contributed by atoms with E-state index in [1.165, 1.54) is 16.7 Å². The van der Waals surface area contributed by atoms with Crippen LogP contribution < -0.4 is 0 Å². The molecule has 0 amide bonds. The van der Waals surface area contributed by atoms with Gasteiger partial charge >= 0.3 is 0 Å². The maximum Gasteiger partial charge on any atom is 0.168 e. The molecule has 94 valence electrons. The molecule has 1 heterocycles. The molecule has 0 aliphatic carbocycles. The molecular weight excluding hydrogens is 224 g/mol. The standard InChI is InChI=1S/C15H18N2O/c1-9-6-7-13(11(3)10(9)2)15-14(8-18)17(5)12(4)16-15/h6-8H,1-5H3. The Bertz CT molecular complexity index is 624. The van der Waals surface area contributed by atoms with Crippen LogP contribution in [0.15, 0.2) is 12.1 Å². The van der Waals surface area contributed by atoms with Crippen molar-refractivity contribution in [2.75, 3.05) is 0 Å². The number of benzene rings is 1. The highest BCUT2D eigenvalue weighted by Crippen LogP contribution is 2.28. The number of hydrogen-bond donors (Lipinski definition) is 0. The highest BCUT2D eigenvalue weighted by Gasteiger charge is 2.16. The van der Waals surface area contributed by atoms with Gasteiger partial charge in [0, 0.05) is 12.6 Å². The van der Waals surface area contributed by atoms with Gasteiger partial charge in [-0.25, -0.2) is 4.98 Å². The SMILES string of the molecule is Cc1ccc(-c2nc(C)n(C)c2C=O)c(C)c1C. The first-order valence-corrected chi connectivity index (χ1v) is 6.03. The van der Waals surface area contributed by atoms with Crippen molar-refractivity contribution in [1.82, 2.24) is 9.55 Å². The van der Waals surface area contributed by atoms with E-state index in [9.17, 15) is 4.79 Å². The van der Waals surface area contributed by atoms with Gasteiger partial charge in [0.1, 0.15) is 11.5 Å². The number of nitrogens with zero attached hydrogens (tertiary/aromatic N) is 2. The molecule has 0 unspecified atom stereocenters. The summed E-state index contributed by atoms with van der Waals surface area (Å²) >= 11 is 0. The lowest BCUT2D eigenvalue weighted by Crippen LogP contribution is -1.98. The molecule has 1 aromatic carbocycles. The Hall–Kier alpha value is -1.90. The quantitative estimate of drug-likeness (QED) is 0.758. The predicted molar refractivity (Wildman–Crippen MR) is 73.0 cm³/mol. The Morgan fingerprint density at radius 2 is 1.78 bits per heavy atom. The van der Waals surface area contributed by atoms with E-state index in [4.69, 9.17) is 0 Å². The van der Waals surface area contributed by atoms with E-state index >= 15 is 0 Å². The van der Waals surface area contributed by atoms with Gasteiger partial charge in [0.15, 0.2) is 6.29 Å². The van der Waals surface area contributed by atoms with Gasteiger partial charge in [0.2, 0.25) is 0 Å². The van der Waals surface area contributed by atoms with E-state index in [-0.39, 0.29) is 0 Å². The van der Waals surface area contributed by atoms with Gasteiger partial charge in [0.05, 0.1) is 5.69 Å². The number of aryl methyl sites for hydroxylation is 2. The minimum absolute atomic E-state index is 0.638. The second kappa shape index (κ2) is 4.41. The fourth-order valence-corrected chi connectivity index (χ4v) is 2.17. The second-order valence-corrected chi connectivity index (χ2v) is 4.75. The van der Waals surface area contributed by atoms with Crippen LogP contribution >= 0.6 is 0 Å². The molecular formula is C15H18N2O. The van der Waals surface area contributed by atoms with Gasteiger partial charge in [-0.15, -0.1) is 0 Å². The average Bonchev–Trinajstić information content (AvgIpc) is 2.62. The van der Waals surface area contributed by atoms with Crippen LogP contribution in [0.25, 0.3) is 11.3 Å². The van der Waals surface area contributed by atoms with Crippen LogP contribution in [0.3, 0.4) is 0 Å². The molecule has 0 saturated heterocycles. The van der Waals surface area contributed by atoms with Gasteiger partial charge in [-0.1, -0.05) is 12.1 Å². The van der Waals surface area contributed by atoms with Crippen LogP contribution in [-0.2, 0) is 7.05 Å². The molecule has 0 aliphatic rings. The first-order valence-electron chi connectivity index (χ1n) is 6.03. The molecule has 0 aliphatic heterocycles. The molecule has 18 heavy (non-hydrogen) atoms. The van der Waals surface area contributed by atoms with Gasteiger partial charge in [0.25, 0.3) is 0 Å². The number of hydrogen-bond acceptors (Lipinski definition) is 2. The number of imidazole rings is 1. The highest BCUT2D eigenvalue weighted by molar-refractivity contribution is 5.85. The number of rotatable bonds is 2. The summed E-state index contributed by atoms with van der Waals surface area (Å²) in [4.78, 5) is 15.8. The lowest BCUT2D eigenvalue weighted by Gasteiger charge is -2.10. The van der Waals surface area contributed by atoms with E-state index in [0.717, 1.165) is 23.4 Å². The van der Waals surface area contributed by atoms with Crippen LogP contribution in [0.5, 0.6) is 0 Å². The lowest BCUT2D eigenvalue weighted by molar-refractivity contribution is 0.111. The smallest absolute Gasteiger partial charge is 0.168 e. The summed E-state index contributed by atoms with van der Waals surface area (Å²) in [7, 11) is 1.87. The monoisotopic (exact) mass is 242 g/mol. The Morgan fingerprint density at radius 3 is 2.39 bits per heavy atom. The summed E-state index contributed by atoms with van der Waals surface area (Å²) < 4.78 is 1.83. The molecule has 0 spiro atoms. The third kappa shape index (κ3) is 1.76. The molecule has 0 fully saturated rings. The molecule has 3 nitrogen and oxygen atoms in total. The summed E-state index contributed by atoms with van der Waals surface area (Å²) in [6.45, 7) is 8.18. The normalized spacial score (nSPS) is 10.7. The van der Waals surface area contributed by atoms with Crippen LogP contribution in [0.4, 0.5) is 0 Å². The Kier molecular flexibility index (Phi) is 3.07. The van der Waals surface area contributed by atoms with E-state index in [2.05, 4.69) is 31.8 Å². The van der Waals surface area contributed by atoms with Crippen molar-refractivity contribution in [2.45, 2.75) is 27.7 Å². The minimum Gasteiger partial charge on any atom is -0.329 e. The molecule has 0 atom stereocenters. The van der Waals surface area contributed by atoms with Crippen molar-refractivity contribution in [2.24, 2.45) is 7.05 Å². The van der Waals surface area contributed by atoms with E-state index in [1.54, 1.807) is 0 Å². The minimum atomic E-state index is 0.638. The van der Waals surface area contributed by atoms with Crippen LogP contribution in [0.1, 0.15) is 33.0 Å². The Balaban J connectivity index is 2.74. The molecule has 1 aromatic heterocycles. The van der Waals surface area contributed by atoms with E-state index in [0.29, 0.717) is 5.69 Å². The fraction of sp³-hybridized carbons (Fsp3) is 0.333. The number of carbonyl (C=O) groups excluding carboxylic acids is 1. The van der Waals surface area contributed by atoms with E-state index in [1.807, 2.05) is 24.6 Å². The van der Waals surface area contributed by atoms with Gasteiger partial charge in [-0.3, -0.25) is 4.79 Å². The summed E-state index contributed by atoms with van der Waals surface area (Å²) in [6.07, 6.45) is 0.879. The molecule has 0 saturated carbocycles. The number of aldehydes is 1. The van der Waals surface area contributed by atoms with Crippen molar-refractivity contribution in [1.29, 1.82) is 0 Å². The van der Waals surface area contributed by atoms with Crippen LogP contribution in [0, 0.1) is 27.7 Å². The fourth-order valence-electron chi connectivity index (χ4n) is 2.17. The van der Waals surface area contributed by atoms with Gasteiger partial charge < -0.3 is 4.57 Å². The maximum atomic E-state index is 11.2. The Labute approximate surface area is 107 Å². The zero-order valence-corrected chi connectivity index (χ0v) is 11.5. The zero-order valence-electron chi connectivity index (χ0n) is 11.5. The summed E-state index contributed by atoms with van der Waals surface area (Å²) in [5, 5.41) is 0. The van der Waals surface area contributed by atoms with Crippen molar-refractivity contribution in [3.63, 3.8) is 0 Å². The molecule has 3 heteroatoms. The van der Waals surface area contributed by atoms with E-state index < -0.39 is 0 Å². The first kappa shape index (κ1) is 12.6. The molecule has 0 bridgehead atoms. The highest BCUT2D eigenvalue weighted by atomic mass is 16.1. The summed E-state index contributed by atoms with van der Waals surface area (Å²) in [5.74, 6) is 0.852. The molecule has 0 N–H and O–H groups in total. The predicted octanol–water partition coefficient (Wildman–Crippen LogP) is 3.13. The number of carbonyl (C=O) groups is 1. The first-order chi connectivity index (χ1) is 8.47. The Morgan fingerprint density at radius 1 is 1.11 bits per heavy atom. The molecule has 0 radical (unpaired) electrons. The zero-order chi connectivity index (χ0) is 13.4. The largest absolute Gasteiger partial charge is 0.329 e. The maximum absolute atomic E-state index is 11.2. The summed E-state index contributed by atoms with van der Waals surface area (Å²) in [6, 6.07) is 4.13. The molecule has 2 rings (SSSR count). The molecule has 2 aromatic rings. The van der Waals surface area contributed by atoms with Crippen molar-refractivity contribution in [3.8, 4) is 11.3 Å². The van der Waals surface area contributed by atoms with Gasteiger partial charge in [-0.2, -0.15) is 0 Å². The van der Waals surface area contributed by atoms with Crippen LogP contribution in [0.2, 0.25) is 0 Å².